The second kappa shape index (κ2) is 8.67. The lowest BCUT2D eigenvalue weighted by molar-refractivity contribution is -0.140. The van der Waals surface area contributed by atoms with Crippen LogP contribution in [0, 0.1) is 5.92 Å². The molecule has 1 aliphatic rings. The molecule has 1 heterocycles. The van der Waals surface area contributed by atoms with E-state index in [1.165, 1.54) is 0 Å². The molecule has 2 rings (SSSR count). The summed E-state index contributed by atoms with van der Waals surface area (Å²) in [6.07, 6.45) is 1.68. The molecule has 134 valence electrons. The second-order valence-electron chi connectivity index (χ2n) is 6.23. The number of hydrogen-bond acceptors (Lipinski definition) is 4. The van der Waals surface area contributed by atoms with Crippen LogP contribution in [0.15, 0.2) is 48.2 Å². The zero-order valence-electron chi connectivity index (χ0n) is 14.8. The van der Waals surface area contributed by atoms with E-state index in [2.05, 4.69) is 17.2 Å². The van der Waals surface area contributed by atoms with E-state index in [4.69, 9.17) is 21.7 Å². The van der Waals surface area contributed by atoms with Gasteiger partial charge in [0, 0.05) is 5.70 Å². The van der Waals surface area contributed by atoms with E-state index in [1.54, 1.807) is 6.08 Å². The molecule has 0 bridgehead atoms. The van der Waals surface area contributed by atoms with Gasteiger partial charge in [0.05, 0.1) is 18.2 Å². The quantitative estimate of drug-likeness (QED) is 0.442. The van der Waals surface area contributed by atoms with Gasteiger partial charge in [0.15, 0.2) is 5.11 Å². The number of carbonyl (C=O) groups is 1. The summed E-state index contributed by atoms with van der Waals surface area (Å²) in [4.78, 5) is 12.6. The fourth-order valence-corrected chi connectivity index (χ4v) is 2.74. The molecule has 1 aliphatic heterocycles. The molecule has 0 unspecified atom stereocenters. The van der Waals surface area contributed by atoms with Gasteiger partial charge in [0.2, 0.25) is 0 Å². The highest BCUT2D eigenvalue weighted by Gasteiger charge is 2.31. The molecule has 1 aromatic rings. The molecule has 0 aromatic heterocycles. The lowest BCUT2D eigenvalue weighted by Gasteiger charge is -2.30. The van der Waals surface area contributed by atoms with E-state index < -0.39 is 0 Å². The summed E-state index contributed by atoms with van der Waals surface area (Å²) in [5.41, 5.74) is 2.09. The Kier molecular flexibility index (Phi) is 6.58. The molecule has 0 aliphatic carbocycles. The highest BCUT2D eigenvalue weighted by Crippen LogP contribution is 2.29. The summed E-state index contributed by atoms with van der Waals surface area (Å²) < 4.78 is 11.0. The zero-order valence-corrected chi connectivity index (χ0v) is 15.6. The topological polar surface area (TPSA) is 59.6 Å². The molecule has 0 radical (unpaired) electrons. The number of allylic oxidation sites excluding steroid dienone is 1. The maximum Gasteiger partial charge on any atom is 0.338 e. The smallest absolute Gasteiger partial charge is 0.338 e. The standard InChI is InChI=1S/C19H24N2O3S/c1-5-9-23-15-8-6-7-14(10-15)17-16(13(4)20-19(25)21-17)18(22)24-11-12(2)3/h5-8,10,12,17H,1,9,11H2,2-4H3,(H2,20,21,25)/t17-/m0/s1. The van der Waals surface area contributed by atoms with Gasteiger partial charge in [-0.3, -0.25) is 0 Å². The monoisotopic (exact) mass is 360 g/mol. The average Bonchev–Trinajstić information content (AvgIpc) is 2.57. The van der Waals surface area contributed by atoms with Crippen molar-refractivity contribution in [2.75, 3.05) is 13.2 Å². The Labute approximate surface area is 154 Å². The summed E-state index contributed by atoms with van der Waals surface area (Å²) >= 11 is 5.26. The van der Waals surface area contributed by atoms with Crippen molar-refractivity contribution in [1.82, 2.24) is 10.6 Å². The molecular weight excluding hydrogens is 336 g/mol. The number of esters is 1. The van der Waals surface area contributed by atoms with Crippen molar-refractivity contribution in [3.05, 3.63) is 53.8 Å². The van der Waals surface area contributed by atoms with Crippen LogP contribution in [0.1, 0.15) is 32.4 Å². The average molecular weight is 360 g/mol. The lowest BCUT2D eigenvalue weighted by atomic mass is 9.95. The van der Waals surface area contributed by atoms with Crippen LogP contribution in [0.5, 0.6) is 5.75 Å². The minimum Gasteiger partial charge on any atom is -0.490 e. The first-order chi connectivity index (χ1) is 11.9. The molecule has 0 amide bonds. The molecule has 1 aromatic carbocycles. The van der Waals surface area contributed by atoms with Crippen LogP contribution in [-0.4, -0.2) is 24.3 Å². The first kappa shape index (κ1) is 19.0. The predicted molar refractivity (Wildman–Crippen MR) is 102 cm³/mol. The highest BCUT2D eigenvalue weighted by atomic mass is 32.1. The van der Waals surface area contributed by atoms with E-state index in [1.807, 2.05) is 45.0 Å². The van der Waals surface area contributed by atoms with Gasteiger partial charge in [-0.1, -0.05) is 38.6 Å². The number of benzene rings is 1. The molecule has 6 heteroatoms. The normalized spacial score (nSPS) is 17.0. The number of nitrogens with one attached hydrogen (secondary N) is 2. The van der Waals surface area contributed by atoms with Crippen LogP contribution in [-0.2, 0) is 9.53 Å². The Bertz CT molecular complexity index is 698. The number of carbonyl (C=O) groups excluding carboxylic acids is 1. The van der Waals surface area contributed by atoms with Gasteiger partial charge in [0.25, 0.3) is 0 Å². The van der Waals surface area contributed by atoms with Crippen molar-refractivity contribution >= 4 is 23.3 Å². The van der Waals surface area contributed by atoms with E-state index >= 15 is 0 Å². The minimum atomic E-state index is -0.388. The molecule has 1 atom stereocenters. The van der Waals surface area contributed by atoms with Crippen LogP contribution in [0.3, 0.4) is 0 Å². The minimum absolute atomic E-state index is 0.268. The van der Waals surface area contributed by atoms with Crippen molar-refractivity contribution in [3.63, 3.8) is 0 Å². The third-order valence-electron chi connectivity index (χ3n) is 3.60. The molecule has 5 nitrogen and oxygen atoms in total. The van der Waals surface area contributed by atoms with Crippen LogP contribution < -0.4 is 15.4 Å². The van der Waals surface area contributed by atoms with Crippen LogP contribution >= 0.6 is 12.2 Å². The fourth-order valence-electron chi connectivity index (χ4n) is 2.47. The van der Waals surface area contributed by atoms with E-state index in [-0.39, 0.29) is 17.9 Å². The van der Waals surface area contributed by atoms with Crippen molar-refractivity contribution in [1.29, 1.82) is 0 Å². The van der Waals surface area contributed by atoms with E-state index in [0.717, 1.165) is 5.56 Å². The molecular formula is C19H24N2O3S. The van der Waals surface area contributed by atoms with Gasteiger partial charge in [-0.05, 0) is 42.8 Å². The summed E-state index contributed by atoms with van der Waals surface area (Å²) in [5.74, 6) is 0.622. The fraction of sp³-hybridized carbons (Fsp3) is 0.368. The van der Waals surface area contributed by atoms with Crippen LogP contribution in [0.4, 0.5) is 0 Å². The number of ether oxygens (including phenoxy) is 2. The maximum absolute atomic E-state index is 12.6. The lowest BCUT2D eigenvalue weighted by Crippen LogP contribution is -2.45. The molecule has 2 N–H and O–H groups in total. The molecule has 0 saturated heterocycles. The third-order valence-corrected chi connectivity index (χ3v) is 3.82. The Morgan fingerprint density at radius 1 is 1.44 bits per heavy atom. The number of thiocarbonyl (C=S) groups is 1. The van der Waals surface area contributed by atoms with Crippen molar-refractivity contribution in [2.45, 2.75) is 26.8 Å². The largest absolute Gasteiger partial charge is 0.490 e. The Morgan fingerprint density at radius 3 is 2.88 bits per heavy atom. The SMILES string of the molecule is C=CCOc1cccc([C@@H]2NC(=S)NC(C)=C2C(=O)OCC(C)C)c1. The predicted octanol–water partition coefficient (Wildman–Crippen LogP) is 3.24. The highest BCUT2D eigenvalue weighted by molar-refractivity contribution is 7.80. The van der Waals surface area contributed by atoms with Crippen molar-refractivity contribution in [3.8, 4) is 5.75 Å². The first-order valence-corrected chi connectivity index (χ1v) is 8.62. The van der Waals surface area contributed by atoms with Crippen molar-refractivity contribution < 1.29 is 14.3 Å². The van der Waals surface area contributed by atoms with Gasteiger partial charge in [-0.15, -0.1) is 0 Å². The maximum atomic E-state index is 12.6. The zero-order chi connectivity index (χ0) is 18.4. The van der Waals surface area contributed by atoms with Crippen LogP contribution in [0.2, 0.25) is 0 Å². The summed E-state index contributed by atoms with van der Waals surface area (Å²) in [7, 11) is 0. The summed E-state index contributed by atoms with van der Waals surface area (Å²) in [6.45, 7) is 10.3. The summed E-state index contributed by atoms with van der Waals surface area (Å²) in [6, 6.07) is 7.17. The second-order valence-corrected chi connectivity index (χ2v) is 6.64. The third kappa shape index (κ3) is 5.06. The van der Waals surface area contributed by atoms with Crippen LogP contribution in [0.25, 0.3) is 0 Å². The molecule has 25 heavy (non-hydrogen) atoms. The van der Waals surface area contributed by atoms with Gasteiger partial charge >= 0.3 is 5.97 Å². The number of rotatable bonds is 7. The molecule has 0 spiro atoms. The Morgan fingerprint density at radius 2 is 2.20 bits per heavy atom. The Hall–Kier alpha value is -2.34. The van der Waals surface area contributed by atoms with Gasteiger partial charge in [-0.25, -0.2) is 4.79 Å². The first-order valence-electron chi connectivity index (χ1n) is 8.21. The Balaban J connectivity index is 2.32. The molecule has 0 saturated carbocycles. The van der Waals surface area contributed by atoms with Gasteiger partial charge in [0.1, 0.15) is 12.4 Å². The van der Waals surface area contributed by atoms with Crippen molar-refractivity contribution in [2.24, 2.45) is 5.92 Å². The number of hydrogen-bond donors (Lipinski definition) is 2. The van der Waals surface area contributed by atoms with Gasteiger partial charge < -0.3 is 20.1 Å². The molecule has 0 fully saturated rings. The van der Waals surface area contributed by atoms with E-state index in [0.29, 0.717) is 35.3 Å². The summed E-state index contributed by atoms with van der Waals surface area (Å²) in [5, 5.41) is 6.62. The van der Waals surface area contributed by atoms with E-state index in [9.17, 15) is 4.79 Å². The van der Waals surface area contributed by atoms with Gasteiger partial charge in [-0.2, -0.15) is 0 Å².